The first-order valence-corrected chi connectivity index (χ1v) is 6.57. The predicted octanol–water partition coefficient (Wildman–Crippen LogP) is 3.77. The summed E-state index contributed by atoms with van der Waals surface area (Å²) in [5.41, 5.74) is 2.18. The molecule has 0 unspecified atom stereocenters. The van der Waals surface area contributed by atoms with Gasteiger partial charge < -0.3 is 5.32 Å². The van der Waals surface area contributed by atoms with E-state index in [4.69, 9.17) is 0 Å². The maximum atomic E-state index is 4.54. The number of aryl methyl sites for hydroxylation is 1. The van der Waals surface area contributed by atoms with Gasteiger partial charge in [-0.15, -0.1) is 0 Å². The molecule has 3 nitrogen and oxygen atoms in total. The number of anilines is 1. The van der Waals surface area contributed by atoms with Crippen molar-refractivity contribution in [1.29, 1.82) is 0 Å². The highest BCUT2D eigenvalue weighted by Gasteiger charge is 2.09. The fraction of sp³-hybridized carbons (Fsp3) is 0.188. The number of hydrogen-bond donors (Lipinski definition) is 1. The van der Waals surface area contributed by atoms with Crippen LogP contribution in [0.3, 0.4) is 0 Å². The van der Waals surface area contributed by atoms with Gasteiger partial charge in [0, 0.05) is 18.1 Å². The summed E-state index contributed by atoms with van der Waals surface area (Å²) in [6.07, 6.45) is 2.07. The van der Waals surface area contributed by atoms with Crippen LogP contribution in [-0.4, -0.2) is 16.1 Å². The van der Waals surface area contributed by atoms with Gasteiger partial charge >= 0.3 is 0 Å². The summed E-state index contributed by atoms with van der Waals surface area (Å²) in [5.74, 6) is 0.899. The lowest BCUT2D eigenvalue weighted by Gasteiger charge is -2.11. The van der Waals surface area contributed by atoms with Crippen LogP contribution >= 0.6 is 0 Å². The van der Waals surface area contributed by atoms with Gasteiger partial charge in [-0.1, -0.05) is 36.4 Å². The molecule has 0 spiro atoms. The lowest BCUT2D eigenvalue weighted by molar-refractivity contribution is 1.03. The molecule has 0 saturated heterocycles. The fourth-order valence-corrected chi connectivity index (χ4v) is 2.38. The van der Waals surface area contributed by atoms with Crippen LogP contribution in [0.25, 0.3) is 16.5 Å². The van der Waals surface area contributed by atoms with Gasteiger partial charge in [0.15, 0.2) is 0 Å². The Morgan fingerprint density at radius 2 is 1.89 bits per heavy atom. The topological polar surface area (TPSA) is 29.9 Å². The number of rotatable bonds is 3. The van der Waals surface area contributed by atoms with Crippen LogP contribution < -0.4 is 5.32 Å². The average molecular weight is 251 g/mol. The number of nitrogens with zero attached hydrogens (tertiary/aromatic N) is 2. The molecule has 0 saturated carbocycles. The van der Waals surface area contributed by atoms with Crippen LogP contribution in [0.1, 0.15) is 12.6 Å². The van der Waals surface area contributed by atoms with E-state index >= 15 is 0 Å². The molecule has 0 aliphatic heterocycles. The molecular weight excluding hydrogens is 234 g/mol. The third-order valence-electron chi connectivity index (χ3n) is 3.19. The quantitative estimate of drug-likeness (QED) is 0.768. The van der Waals surface area contributed by atoms with Gasteiger partial charge in [-0.25, -0.2) is 4.98 Å². The molecule has 2 aromatic carbocycles. The van der Waals surface area contributed by atoms with Crippen molar-refractivity contribution in [2.45, 2.75) is 13.8 Å². The summed E-state index contributed by atoms with van der Waals surface area (Å²) in [4.78, 5) is 4.54. The molecule has 0 amide bonds. The van der Waals surface area contributed by atoms with Crippen molar-refractivity contribution in [3.05, 3.63) is 54.4 Å². The van der Waals surface area contributed by atoms with Crippen LogP contribution in [0.4, 0.5) is 5.95 Å². The maximum Gasteiger partial charge on any atom is 0.207 e. The number of hydrogen-bond acceptors (Lipinski definition) is 2. The van der Waals surface area contributed by atoms with Crippen LogP contribution in [-0.2, 0) is 0 Å². The van der Waals surface area contributed by atoms with Crippen molar-refractivity contribution in [2.24, 2.45) is 0 Å². The van der Waals surface area contributed by atoms with Crippen LogP contribution in [0, 0.1) is 6.92 Å². The van der Waals surface area contributed by atoms with Gasteiger partial charge in [0.2, 0.25) is 5.95 Å². The van der Waals surface area contributed by atoms with Crippen molar-refractivity contribution < 1.29 is 0 Å². The number of benzene rings is 2. The smallest absolute Gasteiger partial charge is 0.207 e. The minimum Gasteiger partial charge on any atom is -0.356 e. The maximum absolute atomic E-state index is 4.54. The summed E-state index contributed by atoms with van der Waals surface area (Å²) in [6, 6.07) is 14.8. The average Bonchev–Trinajstić information content (AvgIpc) is 2.79. The highest BCUT2D eigenvalue weighted by Crippen LogP contribution is 2.25. The van der Waals surface area contributed by atoms with E-state index in [-0.39, 0.29) is 0 Å². The lowest BCUT2D eigenvalue weighted by atomic mass is 10.1. The minimum atomic E-state index is 0.862. The predicted molar refractivity (Wildman–Crippen MR) is 80.0 cm³/mol. The van der Waals surface area contributed by atoms with Crippen LogP contribution in [0.2, 0.25) is 0 Å². The molecule has 3 rings (SSSR count). The molecule has 0 atom stereocenters. The third-order valence-corrected chi connectivity index (χ3v) is 3.19. The second-order valence-electron chi connectivity index (χ2n) is 4.60. The molecule has 96 valence electrons. The zero-order chi connectivity index (χ0) is 13.2. The molecule has 19 heavy (non-hydrogen) atoms. The third kappa shape index (κ3) is 2.08. The van der Waals surface area contributed by atoms with Crippen molar-refractivity contribution in [1.82, 2.24) is 9.55 Å². The summed E-state index contributed by atoms with van der Waals surface area (Å²) >= 11 is 0. The van der Waals surface area contributed by atoms with Crippen molar-refractivity contribution in [3.8, 4) is 5.69 Å². The summed E-state index contributed by atoms with van der Waals surface area (Å²) in [5, 5.41) is 5.79. The van der Waals surface area contributed by atoms with Gasteiger partial charge in [-0.2, -0.15) is 0 Å². The van der Waals surface area contributed by atoms with Crippen molar-refractivity contribution >= 4 is 16.7 Å². The number of imidazole rings is 1. The Labute approximate surface area is 112 Å². The zero-order valence-corrected chi connectivity index (χ0v) is 11.2. The van der Waals surface area contributed by atoms with Crippen LogP contribution in [0.15, 0.2) is 48.7 Å². The molecular formula is C16H17N3. The molecule has 1 heterocycles. The molecule has 0 aliphatic carbocycles. The van der Waals surface area contributed by atoms with E-state index in [2.05, 4.69) is 70.5 Å². The number of aromatic nitrogens is 2. The molecule has 3 aromatic rings. The second-order valence-corrected chi connectivity index (χ2v) is 4.60. The minimum absolute atomic E-state index is 0.862. The van der Waals surface area contributed by atoms with Crippen molar-refractivity contribution in [2.75, 3.05) is 11.9 Å². The molecule has 0 radical (unpaired) electrons. The molecule has 1 aromatic heterocycles. The zero-order valence-electron chi connectivity index (χ0n) is 11.2. The monoisotopic (exact) mass is 251 g/mol. The number of nitrogens with one attached hydrogen (secondary N) is 1. The van der Waals surface area contributed by atoms with E-state index in [1.807, 2.05) is 6.92 Å². The Morgan fingerprint density at radius 1 is 1.11 bits per heavy atom. The Kier molecular flexibility index (Phi) is 2.95. The Hall–Kier alpha value is -2.29. The largest absolute Gasteiger partial charge is 0.356 e. The second kappa shape index (κ2) is 4.76. The normalized spacial score (nSPS) is 10.8. The Balaban J connectivity index is 2.24. The van der Waals surface area contributed by atoms with E-state index < -0.39 is 0 Å². The van der Waals surface area contributed by atoms with Gasteiger partial charge in [-0.3, -0.25) is 4.57 Å². The first-order chi connectivity index (χ1) is 9.29. The lowest BCUT2D eigenvalue weighted by Crippen LogP contribution is -2.05. The highest BCUT2D eigenvalue weighted by atomic mass is 15.2. The number of fused-ring (bicyclic) bond motifs is 1. The highest BCUT2D eigenvalue weighted by molar-refractivity contribution is 5.90. The molecule has 0 bridgehead atoms. The van der Waals surface area contributed by atoms with E-state index in [0.29, 0.717) is 0 Å². The summed E-state index contributed by atoms with van der Waals surface area (Å²) in [6.45, 7) is 4.96. The molecule has 0 aliphatic rings. The Morgan fingerprint density at radius 3 is 2.74 bits per heavy atom. The van der Waals surface area contributed by atoms with Gasteiger partial charge in [-0.05, 0) is 25.3 Å². The first kappa shape index (κ1) is 11.8. The van der Waals surface area contributed by atoms with E-state index in [0.717, 1.165) is 23.9 Å². The van der Waals surface area contributed by atoms with Crippen molar-refractivity contribution in [3.63, 3.8) is 0 Å². The Bertz CT molecular complexity index is 708. The van der Waals surface area contributed by atoms with Gasteiger partial charge in [0.25, 0.3) is 0 Å². The molecule has 0 fully saturated rings. The van der Waals surface area contributed by atoms with E-state index in [1.165, 1.54) is 10.8 Å². The van der Waals surface area contributed by atoms with Gasteiger partial charge in [0.1, 0.15) is 0 Å². The standard InChI is InChI=1S/C16H17N3/c1-3-17-16-18-12(2)11-19(16)15-10-6-8-13-7-4-5-9-14(13)15/h4-11H,3H2,1-2H3,(H,17,18). The van der Waals surface area contributed by atoms with E-state index in [9.17, 15) is 0 Å². The summed E-state index contributed by atoms with van der Waals surface area (Å²) in [7, 11) is 0. The fourth-order valence-electron chi connectivity index (χ4n) is 2.38. The summed E-state index contributed by atoms with van der Waals surface area (Å²) < 4.78 is 2.13. The van der Waals surface area contributed by atoms with E-state index in [1.54, 1.807) is 0 Å². The molecule has 1 N–H and O–H groups in total. The SMILES string of the molecule is CCNc1nc(C)cn1-c1cccc2ccccc12. The van der Waals surface area contributed by atoms with Crippen LogP contribution in [0.5, 0.6) is 0 Å². The van der Waals surface area contributed by atoms with Gasteiger partial charge in [0.05, 0.1) is 11.4 Å². The first-order valence-electron chi connectivity index (χ1n) is 6.57. The molecule has 3 heteroatoms.